The number of hydrogen-bond donors (Lipinski definition) is 0. The van der Waals surface area contributed by atoms with Crippen molar-refractivity contribution in [3.63, 3.8) is 0 Å². The Labute approximate surface area is 74.8 Å². The van der Waals surface area contributed by atoms with Gasteiger partial charge in [0.2, 0.25) is 0 Å². The van der Waals surface area contributed by atoms with E-state index in [4.69, 9.17) is 0 Å². The molecular weight excluding hydrogens is 199 g/mol. The zero-order valence-electron chi connectivity index (χ0n) is 3.44. The largest absolute Gasteiger partial charge is 1.00 e. The molecule has 0 aliphatic rings. The molecule has 0 unspecified atom stereocenters. The molecule has 0 fully saturated rings. The maximum Gasteiger partial charge on any atom is 1.00 e. The summed E-state index contributed by atoms with van der Waals surface area (Å²) in [6, 6.07) is 0. The zero-order chi connectivity index (χ0) is 0. The van der Waals surface area contributed by atoms with Gasteiger partial charge in [0.05, 0.1) is 0 Å². The standard InChI is InChI=1S/Co.FH.Li.Mn.Ni.H/h;1H;;;;/q;;+1;;;-1. The van der Waals surface area contributed by atoms with E-state index < -0.39 is 0 Å². The predicted octanol–water partition coefficient (Wildman–Crippen LogP) is -2.74. The van der Waals surface area contributed by atoms with Gasteiger partial charge in [-0.3, -0.25) is 4.70 Å². The van der Waals surface area contributed by atoms with Crippen LogP contribution >= 0.6 is 0 Å². The summed E-state index contributed by atoms with van der Waals surface area (Å²) in [7, 11) is 0. The minimum atomic E-state index is 0. The summed E-state index contributed by atoms with van der Waals surface area (Å²) in [5, 5.41) is 0. The van der Waals surface area contributed by atoms with Gasteiger partial charge in [0.15, 0.2) is 0 Å². The van der Waals surface area contributed by atoms with E-state index in [1.165, 1.54) is 0 Å². The van der Waals surface area contributed by atoms with Gasteiger partial charge in [-0.2, -0.15) is 0 Å². The van der Waals surface area contributed by atoms with E-state index in [0.29, 0.717) is 0 Å². The Morgan fingerprint density at radius 2 is 1.20 bits per heavy atom. The first-order valence-corrected chi connectivity index (χ1v) is 0. The molecule has 0 saturated carbocycles. The van der Waals surface area contributed by atoms with Gasteiger partial charge < -0.3 is 1.43 Å². The molecule has 0 aromatic carbocycles. The minimum Gasteiger partial charge on any atom is -1.00 e. The van der Waals surface area contributed by atoms with E-state index in [-0.39, 0.29) is 75.3 Å². The van der Waals surface area contributed by atoms with E-state index in [0.717, 1.165) is 0 Å². The summed E-state index contributed by atoms with van der Waals surface area (Å²) < 4.78 is 0. The Morgan fingerprint density at radius 3 is 1.20 bits per heavy atom. The first-order chi connectivity index (χ1) is 0. The van der Waals surface area contributed by atoms with Gasteiger partial charge in [0.25, 0.3) is 0 Å². The summed E-state index contributed by atoms with van der Waals surface area (Å²) in [5.74, 6) is 0. The van der Waals surface area contributed by atoms with E-state index in [1.54, 1.807) is 0 Å². The third-order valence-electron chi connectivity index (χ3n) is 0. The van der Waals surface area contributed by atoms with Crippen LogP contribution in [0.15, 0.2) is 0 Å². The van der Waals surface area contributed by atoms with Gasteiger partial charge in [-0.25, -0.2) is 0 Å². The summed E-state index contributed by atoms with van der Waals surface area (Å²) in [6.45, 7) is 0. The molecule has 0 amide bonds. The second-order valence-corrected chi connectivity index (χ2v) is 0. The molecule has 5 heteroatoms. The second kappa shape index (κ2) is 36.8. The SMILES string of the molecule is F.[Co].[H-].[Li+].[Mn].[Ni]. The molecule has 0 spiro atoms. The molecule has 0 N–H and O–H groups in total. The fraction of sp³-hybridized carbons (Fsp3) is 0. The molecule has 0 aromatic heterocycles. The normalized spacial score (nSPS) is 0. The Bertz CT molecular complexity index is 15.5. The van der Waals surface area contributed by atoms with Crippen molar-refractivity contribution in [3.05, 3.63) is 0 Å². The van der Waals surface area contributed by atoms with Crippen molar-refractivity contribution >= 4 is 0 Å². The molecule has 0 heterocycles. The molecule has 0 atom stereocenters. The van der Waals surface area contributed by atoms with Gasteiger partial charge in [-0.15, -0.1) is 0 Å². The van der Waals surface area contributed by atoms with Crippen LogP contribution in [0, 0.1) is 0 Å². The maximum atomic E-state index is 0. The van der Waals surface area contributed by atoms with Crippen LogP contribution in [0.2, 0.25) is 0 Å². The number of hydrogen-bond acceptors (Lipinski definition) is 0. The van der Waals surface area contributed by atoms with Crippen molar-refractivity contribution in [1.29, 1.82) is 0 Å². The van der Waals surface area contributed by atoms with Crippen LogP contribution in [-0.4, -0.2) is 0 Å². The summed E-state index contributed by atoms with van der Waals surface area (Å²) in [6.07, 6.45) is 0. The van der Waals surface area contributed by atoms with Crippen molar-refractivity contribution in [2.24, 2.45) is 0 Å². The molecule has 0 aliphatic carbocycles. The van der Waals surface area contributed by atoms with E-state index in [9.17, 15) is 0 Å². The molecule has 0 aromatic rings. The van der Waals surface area contributed by atoms with E-state index in [1.807, 2.05) is 0 Å². The third kappa shape index (κ3) is 23.6. The Kier molecular flexibility index (Phi) is 452. The molecule has 2 radical (unpaired) electrons. The fourth-order valence-corrected chi connectivity index (χ4v) is 0. The van der Waals surface area contributed by atoms with Crippen LogP contribution in [0.4, 0.5) is 4.70 Å². The van der Waals surface area contributed by atoms with Crippen molar-refractivity contribution < 1.29 is 75.3 Å². The van der Waals surface area contributed by atoms with Gasteiger partial charge >= 0.3 is 18.9 Å². The van der Waals surface area contributed by atoms with Crippen molar-refractivity contribution in [1.82, 2.24) is 0 Å². The molecule has 36 valence electrons. The van der Waals surface area contributed by atoms with Crippen LogP contribution in [0.1, 0.15) is 1.43 Å². The van der Waals surface area contributed by atoms with Crippen LogP contribution in [-0.2, 0) is 50.3 Å². The molecule has 0 aliphatic heterocycles. The second-order valence-electron chi connectivity index (χ2n) is 0. The first kappa shape index (κ1) is 61.5. The number of rotatable bonds is 0. The molecule has 0 rings (SSSR count). The summed E-state index contributed by atoms with van der Waals surface area (Å²) >= 11 is 0. The Hall–Kier alpha value is 2.05. The van der Waals surface area contributed by atoms with Crippen molar-refractivity contribution in [2.75, 3.05) is 0 Å². The molecule has 0 saturated heterocycles. The molecule has 0 bridgehead atoms. The fourth-order valence-electron chi connectivity index (χ4n) is 0. The monoisotopic (exact) mass is 200 g/mol. The topological polar surface area (TPSA) is 0 Å². The molecular formula is H2CoFLiMnNi. The van der Waals surface area contributed by atoms with Crippen molar-refractivity contribution in [3.8, 4) is 0 Å². The summed E-state index contributed by atoms with van der Waals surface area (Å²) in [5.41, 5.74) is 0. The van der Waals surface area contributed by atoms with Crippen LogP contribution < -0.4 is 18.9 Å². The minimum absolute atomic E-state index is 0. The quantitative estimate of drug-likeness (QED) is 0.372. The van der Waals surface area contributed by atoms with E-state index >= 15 is 0 Å². The van der Waals surface area contributed by atoms with Gasteiger partial charge in [-0.05, 0) is 0 Å². The van der Waals surface area contributed by atoms with Crippen LogP contribution in [0.3, 0.4) is 0 Å². The molecule has 5 heavy (non-hydrogen) atoms. The summed E-state index contributed by atoms with van der Waals surface area (Å²) in [4.78, 5) is 0. The molecule has 0 nitrogen and oxygen atoms in total. The maximum absolute atomic E-state index is 0. The average Bonchev–Trinajstić information content (AvgIpc) is 0. The van der Waals surface area contributed by atoms with Crippen LogP contribution in [0.25, 0.3) is 0 Å². The van der Waals surface area contributed by atoms with E-state index in [2.05, 4.69) is 0 Å². The smallest absolute Gasteiger partial charge is 1.00 e. The first-order valence-electron chi connectivity index (χ1n) is 0. The zero-order valence-corrected chi connectivity index (χ0v) is 5.64. The van der Waals surface area contributed by atoms with Gasteiger partial charge in [-0.1, -0.05) is 0 Å². The van der Waals surface area contributed by atoms with Gasteiger partial charge in [0, 0.05) is 50.3 Å². The Morgan fingerprint density at radius 1 is 1.20 bits per heavy atom. The Balaban J connectivity index is 0. The van der Waals surface area contributed by atoms with Crippen LogP contribution in [0.5, 0.6) is 0 Å². The van der Waals surface area contributed by atoms with Gasteiger partial charge in [0.1, 0.15) is 0 Å². The predicted molar refractivity (Wildman–Crippen MR) is 3.62 cm³/mol. The van der Waals surface area contributed by atoms with Crippen molar-refractivity contribution in [2.45, 2.75) is 0 Å². The third-order valence-corrected chi connectivity index (χ3v) is 0. The average molecular weight is 201 g/mol. The number of halogens is 1.